The van der Waals surface area contributed by atoms with Gasteiger partial charge in [0.2, 0.25) is 0 Å². The molecule has 0 aliphatic rings. The minimum absolute atomic E-state index is 0.0371. The number of fused-ring (bicyclic) bond motifs is 1. The van der Waals surface area contributed by atoms with Crippen LogP contribution in [0, 0.1) is 0 Å². The lowest BCUT2D eigenvalue weighted by molar-refractivity contribution is -0.142. The fraction of sp³-hybridized carbons (Fsp3) is 0.312. The smallest absolute Gasteiger partial charge is 0.435 e. The number of aromatic nitrogens is 3. The van der Waals surface area contributed by atoms with Crippen LogP contribution in [0.25, 0.3) is 11.0 Å². The first-order valence-electron chi connectivity index (χ1n) is 14.4. The zero-order valence-corrected chi connectivity index (χ0v) is 25.1. The lowest BCUT2D eigenvalue weighted by atomic mass is 10.1. The zero-order valence-electron chi connectivity index (χ0n) is 25.1. The standard InChI is InChI=1S/C32H36N6O6/c1-4-6-19-43-32(41)36-30(33)22-10-13-24(14-11-22)44-21-28-35-25-20-23(12-15-26(25)37(28)3)31(40)38(18-16-29(39)42-5-2)27-9-7-8-17-34-27/h7-15,17,20H,4-6,16,18-19,21H2,1-3H3,(H2,33,36,41). The van der Waals surface area contributed by atoms with Gasteiger partial charge in [-0.25, -0.2) is 14.8 Å². The highest BCUT2D eigenvalue weighted by Crippen LogP contribution is 2.22. The molecule has 4 aromatic rings. The number of nitrogens with zero attached hydrogens (tertiary/aromatic N) is 5. The van der Waals surface area contributed by atoms with E-state index in [1.165, 1.54) is 4.90 Å². The van der Waals surface area contributed by atoms with Crippen molar-refractivity contribution in [3.05, 3.63) is 83.8 Å². The molecule has 230 valence electrons. The van der Waals surface area contributed by atoms with Crippen LogP contribution < -0.4 is 15.4 Å². The van der Waals surface area contributed by atoms with Crippen LogP contribution in [0.5, 0.6) is 5.75 Å². The van der Waals surface area contributed by atoms with Crippen LogP contribution in [0.1, 0.15) is 54.9 Å². The van der Waals surface area contributed by atoms with E-state index in [2.05, 4.69) is 9.98 Å². The van der Waals surface area contributed by atoms with E-state index in [0.29, 0.717) is 40.6 Å². The molecule has 12 heteroatoms. The number of nitrogens with two attached hydrogens (primary N) is 1. The SMILES string of the molecule is CCCCOC(=O)/N=C(/N)c1ccc(OCc2nc3cc(C(=O)N(CCC(=O)OCC)c4ccccn4)ccc3n2C)cc1. The van der Waals surface area contributed by atoms with Crippen LogP contribution in [0.3, 0.4) is 0 Å². The quantitative estimate of drug-likeness (QED) is 0.0988. The maximum Gasteiger partial charge on any atom is 0.435 e. The van der Waals surface area contributed by atoms with Crippen molar-refractivity contribution in [1.29, 1.82) is 0 Å². The van der Waals surface area contributed by atoms with Gasteiger partial charge in [0.15, 0.2) is 0 Å². The Morgan fingerprint density at radius 3 is 2.48 bits per heavy atom. The van der Waals surface area contributed by atoms with Crippen LogP contribution >= 0.6 is 0 Å². The Kier molecular flexibility index (Phi) is 11.0. The number of anilines is 1. The van der Waals surface area contributed by atoms with Gasteiger partial charge in [-0.3, -0.25) is 14.5 Å². The summed E-state index contributed by atoms with van der Waals surface area (Å²) in [6.45, 7) is 4.60. The van der Waals surface area contributed by atoms with Crippen LogP contribution in [0.4, 0.5) is 10.6 Å². The molecule has 0 spiro atoms. The highest BCUT2D eigenvalue weighted by Gasteiger charge is 2.21. The maximum absolute atomic E-state index is 13.6. The molecule has 0 aliphatic heterocycles. The van der Waals surface area contributed by atoms with Crippen LogP contribution in [0.15, 0.2) is 71.9 Å². The molecule has 2 aromatic carbocycles. The van der Waals surface area contributed by atoms with Crippen LogP contribution in [-0.4, -0.2) is 58.1 Å². The summed E-state index contributed by atoms with van der Waals surface area (Å²) in [6, 6.07) is 17.4. The van der Waals surface area contributed by atoms with Crippen molar-refractivity contribution < 1.29 is 28.6 Å². The number of carbonyl (C=O) groups excluding carboxylic acids is 3. The topological polar surface area (TPSA) is 151 Å². The third kappa shape index (κ3) is 8.18. The molecule has 0 atom stereocenters. The monoisotopic (exact) mass is 600 g/mol. The Morgan fingerprint density at radius 1 is 1.00 bits per heavy atom. The van der Waals surface area contributed by atoms with Gasteiger partial charge in [0.05, 0.1) is 30.7 Å². The Balaban J connectivity index is 1.45. The fourth-order valence-electron chi connectivity index (χ4n) is 4.31. The van der Waals surface area contributed by atoms with Gasteiger partial charge in [-0.05, 0) is 67.9 Å². The number of benzene rings is 2. The first-order chi connectivity index (χ1) is 21.3. The van der Waals surface area contributed by atoms with Crippen LogP contribution in [-0.2, 0) is 27.9 Å². The average molecular weight is 601 g/mol. The molecule has 2 amide bonds. The molecule has 0 unspecified atom stereocenters. The second-order valence-corrected chi connectivity index (χ2v) is 9.77. The van der Waals surface area contributed by atoms with Crippen molar-refractivity contribution in [1.82, 2.24) is 14.5 Å². The van der Waals surface area contributed by atoms with E-state index in [9.17, 15) is 14.4 Å². The van der Waals surface area contributed by atoms with Crippen molar-refractivity contribution in [2.75, 3.05) is 24.7 Å². The molecule has 0 radical (unpaired) electrons. The number of ether oxygens (including phenoxy) is 3. The summed E-state index contributed by atoms with van der Waals surface area (Å²) in [4.78, 5) is 51.6. The number of hydrogen-bond acceptors (Lipinski definition) is 8. The summed E-state index contributed by atoms with van der Waals surface area (Å²) in [5.74, 6) is 1.01. The van der Waals surface area contributed by atoms with Gasteiger partial charge in [-0.2, -0.15) is 4.99 Å². The molecule has 12 nitrogen and oxygen atoms in total. The first kappa shape index (κ1) is 31.7. The normalized spacial score (nSPS) is 11.3. The number of aliphatic imine (C=N–C) groups is 1. The van der Waals surface area contributed by atoms with Gasteiger partial charge in [0, 0.05) is 30.9 Å². The second-order valence-electron chi connectivity index (χ2n) is 9.77. The molecule has 2 heterocycles. The number of rotatable bonds is 13. The Hall–Kier alpha value is -5.26. The lowest BCUT2D eigenvalue weighted by Crippen LogP contribution is -2.34. The third-order valence-corrected chi connectivity index (χ3v) is 6.69. The van der Waals surface area contributed by atoms with E-state index in [1.54, 1.807) is 67.7 Å². The minimum atomic E-state index is -0.718. The molecule has 0 aliphatic carbocycles. The Bertz CT molecular complexity index is 1620. The molecule has 2 N–H and O–H groups in total. The van der Waals surface area contributed by atoms with Crippen molar-refractivity contribution in [2.24, 2.45) is 17.8 Å². The van der Waals surface area contributed by atoms with E-state index in [4.69, 9.17) is 24.9 Å². The number of pyridine rings is 1. The van der Waals surface area contributed by atoms with Crippen molar-refractivity contribution in [3.63, 3.8) is 0 Å². The minimum Gasteiger partial charge on any atom is -0.486 e. The fourth-order valence-corrected chi connectivity index (χ4v) is 4.31. The number of aryl methyl sites for hydroxylation is 1. The first-order valence-corrected chi connectivity index (χ1v) is 14.4. The van der Waals surface area contributed by atoms with Gasteiger partial charge in [0.25, 0.3) is 5.91 Å². The molecule has 44 heavy (non-hydrogen) atoms. The molecular formula is C32H36N6O6. The number of amidine groups is 1. The average Bonchev–Trinajstić information content (AvgIpc) is 3.35. The summed E-state index contributed by atoms with van der Waals surface area (Å²) >= 11 is 0. The summed E-state index contributed by atoms with van der Waals surface area (Å²) in [6.07, 6.45) is 2.59. The maximum atomic E-state index is 13.6. The van der Waals surface area contributed by atoms with Crippen molar-refractivity contribution in [3.8, 4) is 5.75 Å². The summed E-state index contributed by atoms with van der Waals surface area (Å²) in [5.41, 5.74) is 8.36. The predicted molar refractivity (Wildman–Crippen MR) is 166 cm³/mol. The van der Waals surface area contributed by atoms with Crippen molar-refractivity contribution >= 4 is 40.7 Å². The van der Waals surface area contributed by atoms with Gasteiger partial charge in [-0.1, -0.05) is 19.4 Å². The largest absolute Gasteiger partial charge is 0.486 e. The number of carbonyl (C=O) groups is 3. The number of unbranched alkanes of at least 4 members (excludes halogenated alkanes) is 1. The zero-order chi connectivity index (χ0) is 31.5. The molecule has 0 bridgehead atoms. The van der Waals surface area contributed by atoms with Crippen LogP contribution in [0.2, 0.25) is 0 Å². The van der Waals surface area contributed by atoms with Gasteiger partial charge < -0.3 is 24.5 Å². The van der Waals surface area contributed by atoms with E-state index >= 15 is 0 Å². The van der Waals surface area contributed by atoms with E-state index < -0.39 is 6.09 Å². The van der Waals surface area contributed by atoms with Gasteiger partial charge >= 0.3 is 12.1 Å². The summed E-state index contributed by atoms with van der Waals surface area (Å²) < 4.78 is 17.9. The predicted octanol–water partition coefficient (Wildman–Crippen LogP) is 4.79. The Morgan fingerprint density at radius 2 is 1.77 bits per heavy atom. The number of esters is 1. The number of amides is 2. The second kappa shape index (κ2) is 15.3. The van der Waals surface area contributed by atoms with Gasteiger partial charge in [0.1, 0.15) is 29.8 Å². The van der Waals surface area contributed by atoms with E-state index in [1.807, 2.05) is 24.6 Å². The lowest BCUT2D eigenvalue weighted by Gasteiger charge is -2.21. The third-order valence-electron chi connectivity index (χ3n) is 6.69. The molecule has 0 saturated carbocycles. The molecule has 0 saturated heterocycles. The van der Waals surface area contributed by atoms with Crippen molar-refractivity contribution in [2.45, 2.75) is 39.7 Å². The molecule has 2 aromatic heterocycles. The van der Waals surface area contributed by atoms with E-state index in [0.717, 1.165) is 18.4 Å². The summed E-state index contributed by atoms with van der Waals surface area (Å²) in [7, 11) is 1.87. The van der Waals surface area contributed by atoms with E-state index in [-0.39, 0.29) is 43.9 Å². The van der Waals surface area contributed by atoms with Gasteiger partial charge in [-0.15, -0.1) is 0 Å². The highest BCUT2D eigenvalue weighted by molar-refractivity contribution is 6.07. The highest BCUT2D eigenvalue weighted by atomic mass is 16.5. The molecule has 4 rings (SSSR count). The number of hydrogen-bond donors (Lipinski definition) is 1. The number of imidazole rings is 1. The Labute approximate surface area is 255 Å². The molecule has 0 fully saturated rings. The summed E-state index contributed by atoms with van der Waals surface area (Å²) in [5, 5.41) is 0. The molecular weight excluding hydrogens is 564 g/mol.